The van der Waals surface area contributed by atoms with Crippen LogP contribution in [0.1, 0.15) is 19.8 Å². The Labute approximate surface area is 112 Å². The number of piperazine rings is 1. The van der Waals surface area contributed by atoms with E-state index in [1.165, 1.54) is 11.0 Å². The fourth-order valence-electron chi connectivity index (χ4n) is 2.49. The summed E-state index contributed by atoms with van der Waals surface area (Å²) in [5.74, 6) is -0.460. The van der Waals surface area contributed by atoms with Gasteiger partial charge in [0.05, 0.1) is 6.61 Å². The molecule has 19 heavy (non-hydrogen) atoms. The minimum absolute atomic E-state index is 0.00775. The van der Waals surface area contributed by atoms with Crippen LogP contribution in [0.25, 0.3) is 0 Å². The van der Waals surface area contributed by atoms with E-state index in [0.717, 1.165) is 12.8 Å². The Morgan fingerprint density at radius 2 is 2.26 bits per heavy atom. The number of hydrogen-bond donors (Lipinski definition) is 0. The summed E-state index contributed by atoms with van der Waals surface area (Å²) < 4.78 is 4.74. The lowest BCUT2D eigenvalue weighted by Gasteiger charge is -2.35. The highest BCUT2D eigenvalue weighted by molar-refractivity contribution is 5.95. The molecule has 0 radical (unpaired) electrons. The van der Waals surface area contributed by atoms with Crippen LogP contribution in [-0.4, -0.2) is 59.9 Å². The number of rotatable bonds is 4. The molecule has 0 aromatic rings. The van der Waals surface area contributed by atoms with E-state index >= 15 is 0 Å². The Morgan fingerprint density at radius 1 is 1.47 bits per heavy atom. The summed E-state index contributed by atoms with van der Waals surface area (Å²) in [5.41, 5.74) is 0. The van der Waals surface area contributed by atoms with Gasteiger partial charge in [-0.2, -0.15) is 0 Å². The smallest absolute Gasteiger partial charge is 0.330 e. The lowest BCUT2D eigenvalue weighted by atomic mass is 10.1. The Bertz CT molecular complexity index is 419. The van der Waals surface area contributed by atoms with Gasteiger partial charge in [0.2, 0.25) is 11.8 Å². The standard InChI is InChI=1S/C13H18N2O4/c1-2-19-12(17)6-4-7-14-9-11(16)15-8-3-5-10(15)13(14)18/h4,6,10H,2-3,5,7-9H2,1H3/b6-4+. The number of nitrogens with zero attached hydrogens (tertiary/aromatic N) is 2. The molecule has 1 unspecified atom stereocenters. The Kier molecular flexibility index (Phi) is 4.19. The minimum Gasteiger partial charge on any atom is -0.463 e. The maximum Gasteiger partial charge on any atom is 0.330 e. The van der Waals surface area contributed by atoms with Crippen molar-refractivity contribution in [2.24, 2.45) is 0 Å². The van der Waals surface area contributed by atoms with Crippen molar-refractivity contribution >= 4 is 17.8 Å². The molecule has 0 spiro atoms. The van der Waals surface area contributed by atoms with Crippen molar-refractivity contribution in [2.75, 3.05) is 26.2 Å². The van der Waals surface area contributed by atoms with Crippen molar-refractivity contribution in [2.45, 2.75) is 25.8 Å². The van der Waals surface area contributed by atoms with E-state index in [1.54, 1.807) is 17.9 Å². The maximum atomic E-state index is 12.1. The first-order valence-corrected chi connectivity index (χ1v) is 6.55. The monoisotopic (exact) mass is 266 g/mol. The molecule has 0 N–H and O–H groups in total. The zero-order chi connectivity index (χ0) is 13.8. The van der Waals surface area contributed by atoms with Crippen LogP contribution in [0.3, 0.4) is 0 Å². The van der Waals surface area contributed by atoms with Crippen LogP contribution in [0.15, 0.2) is 12.2 Å². The third-order valence-corrected chi connectivity index (χ3v) is 3.36. The zero-order valence-corrected chi connectivity index (χ0v) is 11.0. The summed E-state index contributed by atoms with van der Waals surface area (Å²) in [5, 5.41) is 0. The molecule has 2 aliphatic rings. The van der Waals surface area contributed by atoms with Gasteiger partial charge < -0.3 is 14.5 Å². The Hall–Kier alpha value is -1.85. The number of carbonyl (C=O) groups excluding carboxylic acids is 3. The van der Waals surface area contributed by atoms with Crippen LogP contribution in [0.4, 0.5) is 0 Å². The number of carbonyl (C=O) groups is 3. The molecule has 2 aliphatic heterocycles. The van der Waals surface area contributed by atoms with Gasteiger partial charge in [-0.25, -0.2) is 4.79 Å². The second kappa shape index (κ2) is 5.86. The topological polar surface area (TPSA) is 66.9 Å². The molecule has 2 fully saturated rings. The molecule has 6 heteroatoms. The highest BCUT2D eigenvalue weighted by atomic mass is 16.5. The summed E-state index contributed by atoms with van der Waals surface area (Å²) in [6, 6.07) is -0.294. The Morgan fingerprint density at radius 3 is 3.00 bits per heavy atom. The summed E-state index contributed by atoms with van der Waals surface area (Å²) in [6.07, 6.45) is 4.48. The van der Waals surface area contributed by atoms with E-state index in [2.05, 4.69) is 0 Å². The van der Waals surface area contributed by atoms with Gasteiger partial charge in [0.15, 0.2) is 0 Å². The van der Waals surface area contributed by atoms with Crippen molar-refractivity contribution in [3.63, 3.8) is 0 Å². The number of amides is 2. The van der Waals surface area contributed by atoms with Crippen LogP contribution in [-0.2, 0) is 19.1 Å². The van der Waals surface area contributed by atoms with Crippen molar-refractivity contribution in [1.82, 2.24) is 9.80 Å². The predicted molar refractivity (Wildman–Crippen MR) is 67.1 cm³/mol. The number of fused-ring (bicyclic) bond motifs is 1. The fraction of sp³-hybridized carbons (Fsp3) is 0.615. The van der Waals surface area contributed by atoms with Crippen LogP contribution in [0.2, 0.25) is 0 Å². The highest BCUT2D eigenvalue weighted by Gasteiger charge is 2.41. The van der Waals surface area contributed by atoms with Crippen LogP contribution in [0, 0.1) is 0 Å². The summed E-state index contributed by atoms with van der Waals surface area (Å²) in [6.45, 7) is 3.10. The first-order chi connectivity index (χ1) is 9.13. The molecule has 2 amide bonds. The fourth-order valence-corrected chi connectivity index (χ4v) is 2.49. The lowest BCUT2D eigenvalue weighted by Crippen LogP contribution is -2.57. The van der Waals surface area contributed by atoms with Gasteiger partial charge >= 0.3 is 5.97 Å². The largest absolute Gasteiger partial charge is 0.463 e. The number of hydrogen-bond acceptors (Lipinski definition) is 4. The molecule has 0 aromatic heterocycles. The van der Waals surface area contributed by atoms with E-state index in [4.69, 9.17) is 4.74 Å². The van der Waals surface area contributed by atoms with E-state index in [0.29, 0.717) is 13.2 Å². The van der Waals surface area contributed by atoms with Gasteiger partial charge in [-0.15, -0.1) is 0 Å². The Balaban J connectivity index is 1.92. The number of esters is 1. The predicted octanol–water partition coefficient (Wildman–Crippen LogP) is -0.0611. The zero-order valence-electron chi connectivity index (χ0n) is 11.0. The molecule has 0 aromatic carbocycles. The third kappa shape index (κ3) is 2.94. The van der Waals surface area contributed by atoms with Crippen molar-refractivity contribution in [1.29, 1.82) is 0 Å². The lowest BCUT2D eigenvalue weighted by molar-refractivity contribution is -0.152. The molecule has 104 valence electrons. The van der Waals surface area contributed by atoms with Gasteiger partial charge in [0.25, 0.3) is 0 Å². The molecule has 2 heterocycles. The highest BCUT2D eigenvalue weighted by Crippen LogP contribution is 2.23. The second-order valence-electron chi connectivity index (χ2n) is 4.62. The summed E-state index contributed by atoms with van der Waals surface area (Å²) in [4.78, 5) is 38.3. The molecule has 0 aliphatic carbocycles. The van der Waals surface area contributed by atoms with Crippen molar-refractivity contribution < 1.29 is 19.1 Å². The van der Waals surface area contributed by atoms with Crippen molar-refractivity contribution in [3.05, 3.63) is 12.2 Å². The van der Waals surface area contributed by atoms with Crippen LogP contribution < -0.4 is 0 Å². The molecule has 0 saturated carbocycles. The van der Waals surface area contributed by atoms with E-state index in [-0.39, 0.29) is 30.9 Å². The molecule has 1 atom stereocenters. The van der Waals surface area contributed by atoms with Gasteiger partial charge in [-0.1, -0.05) is 6.08 Å². The molecule has 2 rings (SSSR count). The SMILES string of the molecule is CCOC(=O)/C=C/CN1CC(=O)N2CCCC2C1=O. The minimum atomic E-state index is -0.430. The van der Waals surface area contributed by atoms with Crippen LogP contribution >= 0.6 is 0 Å². The average Bonchev–Trinajstić information content (AvgIpc) is 2.85. The maximum absolute atomic E-state index is 12.1. The summed E-state index contributed by atoms with van der Waals surface area (Å²) >= 11 is 0. The van der Waals surface area contributed by atoms with E-state index in [9.17, 15) is 14.4 Å². The van der Waals surface area contributed by atoms with Gasteiger partial charge in [0, 0.05) is 19.2 Å². The first kappa shape index (κ1) is 13.6. The summed E-state index contributed by atoms with van der Waals surface area (Å²) in [7, 11) is 0. The molecule has 0 bridgehead atoms. The quantitative estimate of drug-likeness (QED) is 0.528. The molecular formula is C13H18N2O4. The van der Waals surface area contributed by atoms with Gasteiger partial charge in [0.1, 0.15) is 12.6 Å². The second-order valence-corrected chi connectivity index (χ2v) is 4.62. The van der Waals surface area contributed by atoms with Gasteiger partial charge in [-0.05, 0) is 19.8 Å². The van der Waals surface area contributed by atoms with Crippen molar-refractivity contribution in [3.8, 4) is 0 Å². The third-order valence-electron chi connectivity index (χ3n) is 3.36. The van der Waals surface area contributed by atoms with E-state index in [1.807, 2.05) is 0 Å². The van der Waals surface area contributed by atoms with E-state index < -0.39 is 5.97 Å². The van der Waals surface area contributed by atoms with Gasteiger partial charge in [-0.3, -0.25) is 9.59 Å². The molecule has 6 nitrogen and oxygen atoms in total. The number of ether oxygens (including phenoxy) is 1. The molecule has 2 saturated heterocycles. The first-order valence-electron chi connectivity index (χ1n) is 6.55. The molecular weight excluding hydrogens is 248 g/mol. The average molecular weight is 266 g/mol. The van der Waals surface area contributed by atoms with Crippen LogP contribution in [0.5, 0.6) is 0 Å². The normalized spacial score (nSPS) is 23.1.